The van der Waals surface area contributed by atoms with Crippen LogP contribution in [0.4, 0.5) is 11.4 Å². The van der Waals surface area contributed by atoms with Crippen LogP contribution in [0.3, 0.4) is 0 Å². The lowest BCUT2D eigenvalue weighted by Crippen LogP contribution is -2.43. The van der Waals surface area contributed by atoms with Gasteiger partial charge in [-0.2, -0.15) is 0 Å². The zero-order valence-corrected chi connectivity index (χ0v) is 18.0. The lowest BCUT2D eigenvalue weighted by atomic mass is 10.2. The molecule has 2 N–H and O–H groups in total. The van der Waals surface area contributed by atoms with E-state index in [4.69, 9.17) is 23.2 Å². The van der Waals surface area contributed by atoms with E-state index in [0.29, 0.717) is 22.3 Å². The van der Waals surface area contributed by atoms with Gasteiger partial charge in [-0.25, -0.2) is 8.42 Å². The molecule has 1 aliphatic heterocycles. The Morgan fingerprint density at radius 3 is 2.30 bits per heavy atom. The Morgan fingerprint density at radius 1 is 1.07 bits per heavy atom. The zero-order valence-electron chi connectivity index (χ0n) is 14.8. The van der Waals surface area contributed by atoms with Crippen molar-refractivity contribution >= 4 is 56.8 Å². The summed E-state index contributed by atoms with van der Waals surface area (Å²) in [5.74, 6) is 0. The van der Waals surface area contributed by atoms with E-state index in [2.05, 4.69) is 15.5 Å². The normalized spacial score (nSPS) is 14.6. The van der Waals surface area contributed by atoms with Gasteiger partial charge >= 0.3 is 0 Å². The summed E-state index contributed by atoms with van der Waals surface area (Å²) < 4.78 is 24.3. The van der Waals surface area contributed by atoms with Crippen LogP contribution < -0.4 is 15.5 Å². The number of piperazine rings is 1. The molecule has 0 bridgehead atoms. The molecule has 1 saturated heterocycles. The van der Waals surface area contributed by atoms with Gasteiger partial charge in [0.15, 0.2) is 9.84 Å². The lowest BCUT2D eigenvalue weighted by molar-refractivity contribution is 0.589. The number of nitrogens with one attached hydrogen (secondary N) is 2. The first-order valence-corrected chi connectivity index (χ1v) is 11.0. The molecule has 3 rings (SSSR count). The maximum atomic E-state index is 12.2. The molecule has 0 aliphatic carbocycles. The van der Waals surface area contributed by atoms with Crippen LogP contribution in [0.1, 0.15) is 5.56 Å². The fourth-order valence-corrected chi connectivity index (χ4v) is 4.43. The van der Waals surface area contributed by atoms with Crippen LogP contribution in [-0.4, -0.2) is 40.9 Å². The summed E-state index contributed by atoms with van der Waals surface area (Å²) in [5, 5.41) is 7.64. The first-order valence-electron chi connectivity index (χ1n) is 8.31. The fourth-order valence-electron chi connectivity index (χ4n) is 3.01. The molecular weight excluding hydrogens is 429 g/mol. The summed E-state index contributed by atoms with van der Waals surface area (Å²) in [6, 6.07) is 10.7. The van der Waals surface area contributed by atoms with E-state index in [9.17, 15) is 8.42 Å². The van der Waals surface area contributed by atoms with Crippen LogP contribution in [0.25, 0.3) is 0 Å². The molecule has 1 fully saturated rings. The van der Waals surface area contributed by atoms with Crippen LogP contribution in [0.5, 0.6) is 0 Å². The van der Waals surface area contributed by atoms with Gasteiger partial charge in [-0.05, 0) is 42.0 Å². The Morgan fingerprint density at radius 2 is 1.70 bits per heavy atom. The Labute approximate surface area is 176 Å². The number of sulfone groups is 1. The largest absolute Gasteiger partial charge is 0.380 e. The summed E-state index contributed by atoms with van der Waals surface area (Å²) >= 11 is 12.1. The maximum absolute atomic E-state index is 12.2. The van der Waals surface area contributed by atoms with Gasteiger partial charge in [0, 0.05) is 54.7 Å². The number of hydrogen-bond acceptors (Lipinski definition) is 5. The fraction of sp³-hybridized carbons (Fsp3) is 0.333. The third-order valence-electron chi connectivity index (χ3n) is 4.25. The predicted molar refractivity (Wildman–Crippen MR) is 116 cm³/mol. The van der Waals surface area contributed by atoms with Gasteiger partial charge < -0.3 is 15.5 Å². The van der Waals surface area contributed by atoms with Crippen LogP contribution in [0.2, 0.25) is 10.0 Å². The molecule has 1 heterocycles. The summed E-state index contributed by atoms with van der Waals surface area (Å²) in [7, 11) is -3.35. The average molecular weight is 451 g/mol. The molecule has 5 nitrogen and oxygen atoms in total. The highest BCUT2D eigenvalue weighted by molar-refractivity contribution is 7.90. The second kappa shape index (κ2) is 9.34. The highest BCUT2D eigenvalue weighted by Gasteiger charge is 2.17. The minimum Gasteiger partial charge on any atom is -0.380 e. The third kappa shape index (κ3) is 5.90. The van der Waals surface area contributed by atoms with Crippen molar-refractivity contribution in [1.82, 2.24) is 5.32 Å². The molecule has 9 heteroatoms. The van der Waals surface area contributed by atoms with Gasteiger partial charge in [-0.15, -0.1) is 12.4 Å². The highest BCUT2D eigenvalue weighted by Crippen LogP contribution is 2.29. The lowest BCUT2D eigenvalue weighted by Gasteiger charge is -2.30. The van der Waals surface area contributed by atoms with Crippen LogP contribution in [0.15, 0.2) is 41.3 Å². The average Bonchev–Trinajstić information content (AvgIpc) is 2.59. The maximum Gasteiger partial charge on any atom is 0.177 e. The van der Waals surface area contributed by atoms with Crippen molar-refractivity contribution in [2.24, 2.45) is 0 Å². The molecular formula is C18H22Cl3N3O2S. The van der Waals surface area contributed by atoms with Crippen molar-refractivity contribution in [3.8, 4) is 0 Å². The third-order valence-corrected chi connectivity index (χ3v) is 5.84. The number of hydrogen-bond donors (Lipinski definition) is 2. The van der Waals surface area contributed by atoms with Crippen molar-refractivity contribution in [1.29, 1.82) is 0 Å². The first kappa shape index (κ1) is 22.1. The number of rotatable bonds is 5. The van der Waals surface area contributed by atoms with E-state index in [0.717, 1.165) is 37.4 Å². The van der Waals surface area contributed by atoms with E-state index in [-0.39, 0.29) is 17.3 Å². The van der Waals surface area contributed by atoms with E-state index in [1.54, 1.807) is 24.3 Å². The first-order chi connectivity index (χ1) is 12.3. The number of halogens is 3. The molecule has 27 heavy (non-hydrogen) atoms. The minimum atomic E-state index is -3.35. The Bertz CT molecular complexity index is 880. The summed E-state index contributed by atoms with van der Waals surface area (Å²) in [5.41, 5.74) is 2.47. The number of benzene rings is 2. The monoisotopic (exact) mass is 449 g/mol. The molecule has 0 saturated carbocycles. The molecule has 0 radical (unpaired) electrons. The van der Waals surface area contributed by atoms with Crippen molar-refractivity contribution in [2.45, 2.75) is 11.4 Å². The molecule has 148 valence electrons. The second-order valence-corrected chi connectivity index (χ2v) is 9.18. The zero-order chi connectivity index (χ0) is 18.7. The Kier molecular flexibility index (Phi) is 7.65. The Hall–Kier alpha value is -1.18. The molecule has 2 aromatic rings. The molecule has 0 unspecified atom stereocenters. The van der Waals surface area contributed by atoms with Crippen molar-refractivity contribution < 1.29 is 8.42 Å². The van der Waals surface area contributed by atoms with E-state index < -0.39 is 9.84 Å². The minimum absolute atomic E-state index is 0. The van der Waals surface area contributed by atoms with E-state index >= 15 is 0 Å². The standard InChI is InChI=1S/C18H21Cl2N3O2S.ClH/c1-26(24,25)18-3-2-16(23-6-4-21-5-7-23)11-17(18)22-12-13-8-14(19)10-15(20)9-13;/h2-3,8-11,21-22H,4-7,12H2,1H3;1H. The summed E-state index contributed by atoms with van der Waals surface area (Å²) in [4.78, 5) is 2.52. The SMILES string of the molecule is CS(=O)(=O)c1ccc(N2CCNCC2)cc1NCc1cc(Cl)cc(Cl)c1.Cl. The van der Waals surface area contributed by atoms with Gasteiger partial charge in [0.2, 0.25) is 0 Å². The van der Waals surface area contributed by atoms with Gasteiger partial charge in [0.25, 0.3) is 0 Å². The molecule has 0 atom stereocenters. The van der Waals surface area contributed by atoms with Gasteiger partial charge in [0.05, 0.1) is 10.6 Å². The quantitative estimate of drug-likeness (QED) is 0.725. The summed E-state index contributed by atoms with van der Waals surface area (Å²) in [6.07, 6.45) is 1.22. The number of nitrogens with zero attached hydrogens (tertiary/aromatic N) is 1. The van der Waals surface area contributed by atoms with E-state index in [1.165, 1.54) is 6.26 Å². The van der Waals surface area contributed by atoms with Crippen LogP contribution in [0, 0.1) is 0 Å². The Balaban J connectivity index is 0.00000261. The predicted octanol–water partition coefficient (Wildman–Crippen LogP) is 3.84. The highest BCUT2D eigenvalue weighted by atomic mass is 35.5. The second-order valence-electron chi connectivity index (χ2n) is 6.32. The van der Waals surface area contributed by atoms with Crippen molar-refractivity contribution in [3.63, 3.8) is 0 Å². The topological polar surface area (TPSA) is 61.4 Å². The molecule has 2 aromatic carbocycles. The molecule has 0 spiro atoms. The van der Waals surface area contributed by atoms with Crippen LogP contribution in [-0.2, 0) is 16.4 Å². The molecule has 0 aromatic heterocycles. The summed E-state index contributed by atoms with van der Waals surface area (Å²) in [6.45, 7) is 4.03. The van der Waals surface area contributed by atoms with Gasteiger partial charge in [0.1, 0.15) is 0 Å². The van der Waals surface area contributed by atoms with Crippen LogP contribution >= 0.6 is 35.6 Å². The van der Waals surface area contributed by atoms with Crippen molar-refractivity contribution in [3.05, 3.63) is 52.0 Å². The van der Waals surface area contributed by atoms with Gasteiger partial charge in [-0.3, -0.25) is 0 Å². The molecule has 0 amide bonds. The molecule has 1 aliphatic rings. The van der Waals surface area contributed by atoms with E-state index in [1.807, 2.05) is 12.1 Å². The van der Waals surface area contributed by atoms with Crippen molar-refractivity contribution in [2.75, 3.05) is 42.7 Å². The van der Waals surface area contributed by atoms with Gasteiger partial charge in [-0.1, -0.05) is 23.2 Å². The smallest absolute Gasteiger partial charge is 0.177 e. The number of anilines is 2.